The Kier molecular flexibility index (Phi) is 8.94. The van der Waals surface area contributed by atoms with Gasteiger partial charge in [-0.15, -0.1) is 0 Å². The smallest absolute Gasteiger partial charge is 0.0714 e. The van der Waals surface area contributed by atoms with Crippen LogP contribution in [0.3, 0.4) is 0 Å². The molecule has 1 heterocycles. The molecule has 0 saturated carbocycles. The van der Waals surface area contributed by atoms with Gasteiger partial charge in [0.15, 0.2) is 0 Å². The van der Waals surface area contributed by atoms with Gasteiger partial charge in [-0.25, -0.2) is 0 Å². The summed E-state index contributed by atoms with van der Waals surface area (Å²) < 4.78 is 2.52. The summed E-state index contributed by atoms with van der Waals surface area (Å²) in [5, 5.41) is 12.6. The van der Waals surface area contributed by atoms with Crippen LogP contribution in [0.1, 0.15) is 22.3 Å². The Bertz CT molecular complexity index is 4270. The summed E-state index contributed by atoms with van der Waals surface area (Å²) in [6, 6.07) is 102. The van der Waals surface area contributed by atoms with Gasteiger partial charge in [0.05, 0.1) is 16.4 Å². The third-order valence-corrected chi connectivity index (χ3v) is 15.8. The van der Waals surface area contributed by atoms with Crippen LogP contribution in [0.5, 0.6) is 0 Å². The summed E-state index contributed by atoms with van der Waals surface area (Å²) >= 11 is 0. The van der Waals surface area contributed by atoms with Crippen LogP contribution in [0, 0.1) is 0 Å². The summed E-state index contributed by atoms with van der Waals surface area (Å²) in [6.45, 7) is 0. The average Bonchev–Trinajstić information content (AvgIpc) is 3.95. The third kappa shape index (κ3) is 5.95. The zero-order valence-corrected chi connectivity index (χ0v) is 39.4. The van der Waals surface area contributed by atoms with E-state index in [1.54, 1.807) is 0 Å². The number of benzene rings is 13. The molecule has 1 aliphatic rings. The first-order valence-corrected chi connectivity index (χ1v) is 25.1. The molecule has 14 aromatic rings. The average molecular weight is 912 g/mol. The molecule has 15 rings (SSSR count). The highest BCUT2D eigenvalue weighted by Gasteiger charge is 2.46. The fourth-order valence-corrected chi connectivity index (χ4v) is 12.6. The Hall–Kier alpha value is -9.30. The Morgan fingerprint density at radius 2 is 0.653 bits per heavy atom. The van der Waals surface area contributed by atoms with E-state index in [0.717, 1.165) is 5.69 Å². The maximum Gasteiger partial charge on any atom is 0.0714 e. The first-order valence-electron chi connectivity index (χ1n) is 25.1. The largest absolute Gasteiger partial charge is 0.309 e. The number of nitrogens with zero attached hydrogens (tertiary/aromatic N) is 1. The molecule has 0 fully saturated rings. The quantitative estimate of drug-likeness (QED) is 0.147. The SMILES string of the molecule is c1ccc(-c2ccc3c(c2)C(c2ccccc2)(c2ccccc2)c2cc(-n4c5ccc(-c6cc7ccccc7c7ccccc67)cc5c5cc(-c6cc7ccccc7c7ccccc67)ccc54)ccc2-3)cc1. The van der Waals surface area contributed by atoms with Crippen LogP contribution in [-0.4, -0.2) is 4.57 Å². The van der Waals surface area contributed by atoms with Gasteiger partial charge in [-0.3, -0.25) is 0 Å². The minimum Gasteiger partial charge on any atom is -0.309 e. The second kappa shape index (κ2) is 15.9. The Morgan fingerprint density at radius 1 is 0.236 bits per heavy atom. The van der Waals surface area contributed by atoms with E-state index in [1.807, 2.05) is 0 Å². The van der Waals surface area contributed by atoms with E-state index < -0.39 is 5.41 Å². The monoisotopic (exact) mass is 911 g/mol. The molecule has 1 nitrogen and oxygen atoms in total. The summed E-state index contributed by atoms with van der Waals surface area (Å²) in [5.41, 5.74) is 17.8. The molecule has 0 aliphatic heterocycles. The molecule has 0 spiro atoms. The van der Waals surface area contributed by atoms with Gasteiger partial charge >= 0.3 is 0 Å². The van der Waals surface area contributed by atoms with Gasteiger partial charge in [-0.1, -0.05) is 218 Å². The summed E-state index contributed by atoms with van der Waals surface area (Å²) in [6.07, 6.45) is 0. The number of aromatic nitrogens is 1. The molecule has 13 aromatic carbocycles. The van der Waals surface area contributed by atoms with E-state index in [9.17, 15) is 0 Å². The van der Waals surface area contributed by atoms with E-state index in [2.05, 4.69) is 278 Å². The van der Waals surface area contributed by atoms with E-state index >= 15 is 0 Å². The van der Waals surface area contributed by atoms with Gasteiger partial charge in [0.1, 0.15) is 0 Å². The van der Waals surface area contributed by atoms with E-state index in [4.69, 9.17) is 0 Å². The van der Waals surface area contributed by atoms with Crippen molar-refractivity contribution < 1.29 is 0 Å². The fraction of sp³-hybridized carbons (Fsp3) is 0.0141. The van der Waals surface area contributed by atoms with Gasteiger partial charge in [0.2, 0.25) is 0 Å². The highest BCUT2D eigenvalue weighted by atomic mass is 15.0. The van der Waals surface area contributed by atoms with Crippen LogP contribution in [-0.2, 0) is 5.41 Å². The molecule has 0 N–H and O–H groups in total. The number of hydrogen-bond donors (Lipinski definition) is 0. The van der Waals surface area contributed by atoms with Crippen molar-refractivity contribution >= 4 is 64.9 Å². The van der Waals surface area contributed by atoms with Gasteiger partial charge in [-0.2, -0.15) is 0 Å². The Balaban J connectivity index is 1.01. The second-order valence-corrected chi connectivity index (χ2v) is 19.5. The lowest BCUT2D eigenvalue weighted by Gasteiger charge is -2.34. The number of rotatable bonds is 6. The molecule has 1 heteroatoms. The van der Waals surface area contributed by atoms with Gasteiger partial charge < -0.3 is 4.57 Å². The van der Waals surface area contributed by atoms with Gasteiger partial charge in [0.25, 0.3) is 0 Å². The molecular formula is C71H45N. The minimum absolute atomic E-state index is 0.582. The van der Waals surface area contributed by atoms with Gasteiger partial charge in [0, 0.05) is 16.5 Å². The topological polar surface area (TPSA) is 4.93 Å². The Labute approximate surface area is 418 Å². The van der Waals surface area contributed by atoms with Crippen LogP contribution >= 0.6 is 0 Å². The molecular weight excluding hydrogens is 867 g/mol. The molecule has 1 aromatic heterocycles. The Morgan fingerprint density at radius 3 is 1.18 bits per heavy atom. The summed E-state index contributed by atoms with van der Waals surface area (Å²) in [5.74, 6) is 0. The standard InChI is InChI=1S/C71H45N/c1-4-18-46(19-5-1)47-32-36-61-62-37-35-54(45-68(62)71(67(61)44-47,52-22-6-2-7-23-52)53-24-8-3-9-25-53)72-69-38-33-50(63-40-48-20-10-12-26-55(48)57-28-14-16-30-59(57)63)42-65(69)66-43-51(34-39-70(66)72)64-41-49-21-11-13-27-56(49)58-29-15-17-31-60(58)64/h1-45H. The van der Waals surface area contributed by atoms with Gasteiger partial charge in [-0.05, 0) is 164 Å². The molecule has 0 bridgehead atoms. The fourth-order valence-electron chi connectivity index (χ4n) is 12.6. The number of fused-ring (bicyclic) bond motifs is 12. The second-order valence-electron chi connectivity index (χ2n) is 19.5. The van der Waals surface area contributed by atoms with Crippen LogP contribution in [0.15, 0.2) is 273 Å². The molecule has 72 heavy (non-hydrogen) atoms. The predicted octanol–water partition coefficient (Wildman–Crippen LogP) is 18.8. The molecule has 334 valence electrons. The van der Waals surface area contributed by atoms with Crippen molar-refractivity contribution in [1.29, 1.82) is 0 Å². The zero-order chi connectivity index (χ0) is 47.3. The van der Waals surface area contributed by atoms with Crippen molar-refractivity contribution in [3.8, 4) is 50.2 Å². The molecule has 1 aliphatic carbocycles. The first-order chi connectivity index (χ1) is 35.7. The zero-order valence-electron chi connectivity index (χ0n) is 39.4. The molecule has 0 amide bonds. The van der Waals surface area contributed by atoms with Crippen molar-refractivity contribution in [2.75, 3.05) is 0 Å². The molecule has 0 atom stereocenters. The maximum absolute atomic E-state index is 2.52. The lowest BCUT2D eigenvalue weighted by molar-refractivity contribution is 0.768. The highest BCUT2D eigenvalue weighted by Crippen LogP contribution is 2.57. The summed E-state index contributed by atoms with van der Waals surface area (Å²) in [7, 11) is 0. The van der Waals surface area contributed by atoms with Crippen LogP contribution in [0.25, 0.3) is 115 Å². The van der Waals surface area contributed by atoms with Crippen LogP contribution in [0.2, 0.25) is 0 Å². The van der Waals surface area contributed by atoms with Crippen molar-refractivity contribution in [1.82, 2.24) is 4.57 Å². The molecule has 0 radical (unpaired) electrons. The lowest BCUT2D eigenvalue weighted by atomic mass is 9.67. The molecule has 0 unspecified atom stereocenters. The van der Waals surface area contributed by atoms with Crippen molar-refractivity contribution in [3.63, 3.8) is 0 Å². The summed E-state index contributed by atoms with van der Waals surface area (Å²) in [4.78, 5) is 0. The maximum atomic E-state index is 2.52. The van der Waals surface area contributed by atoms with Crippen molar-refractivity contribution in [2.45, 2.75) is 5.41 Å². The third-order valence-electron chi connectivity index (χ3n) is 15.8. The molecule has 0 saturated heterocycles. The van der Waals surface area contributed by atoms with E-state index in [-0.39, 0.29) is 0 Å². The van der Waals surface area contributed by atoms with E-state index in [0.29, 0.717) is 0 Å². The van der Waals surface area contributed by atoms with E-state index in [1.165, 1.54) is 132 Å². The van der Waals surface area contributed by atoms with Crippen LogP contribution < -0.4 is 0 Å². The minimum atomic E-state index is -0.582. The normalized spacial score (nSPS) is 12.8. The predicted molar refractivity (Wildman–Crippen MR) is 304 cm³/mol. The lowest BCUT2D eigenvalue weighted by Crippen LogP contribution is -2.28. The van der Waals surface area contributed by atoms with Crippen molar-refractivity contribution in [3.05, 3.63) is 295 Å². The highest BCUT2D eigenvalue weighted by molar-refractivity contribution is 6.18. The van der Waals surface area contributed by atoms with Crippen LogP contribution in [0.4, 0.5) is 0 Å². The number of hydrogen-bond acceptors (Lipinski definition) is 0. The van der Waals surface area contributed by atoms with Crippen molar-refractivity contribution in [2.24, 2.45) is 0 Å². The first kappa shape index (κ1) is 40.6.